The molecule has 2 unspecified atom stereocenters. The third-order valence-electron chi connectivity index (χ3n) is 2.44. The SMILES string of the molecule is CC1(N)C=CC=c2c(c(C=O)cn2P)=C1. The van der Waals surface area contributed by atoms with Crippen LogP contribution in [0.4, 0.5) is 0 Å². The molecule has 15 heavy (non-hydrogen) atoms. The first-order valence-electron chi connectivity index (χ1n) is 4.66. The van der Waals surface area contributed by atoms with E-state index in [9.17, 15) is 4.79 Å². The second-order valence-corrected chi connectivity index (χ2v) is 4.50. The molecule has 0 spiro atoms. The Morgan fingerprint density at radius 1 is 1.60 bits per heavy atom. The maximum atomic E-state index is 10.9. The van der Waals surface area contributed by atoms with Gasteiger partial charge in [-0.3, -0.25) is 4.79 Å². The van der Waals surface area contributed by atoms with Crippen LogP contribution in [0.2, 0.25) is 0 Å². The van der Waals surface area contributed by atoms with Crippen molar-refractivity contribution in [3.05, 3.63) is 34.5 Å². The van der Waals surface area contributed by atoms with Crippen molar-refractivity contribution in [2.45, 2.75) is 12.5 Å². The zero-order valence-electron chi connectivity index (χ0n) is 8.47. The second-order valence-electron chi connectivity index (χ2n) is 3.94. The molecule has 0 aromatic carbocycles. The molecule has 1 aliphatic carbocycles. The number of nitrogens with two attached hydrogens (primary N) is 1. The maximum absolute atomic E-state index is 10.9. The largest absolute Gasteiger partial charge is 0.331 e. The number of carbonyl (C=O) groups is 1. The van der Waals surface area contributed by atoms with Crippen LogP contribution in [0.25, 0.3) is 12.2 Å². The Hall–Kier alpha value is -1.18. The van der Waals surface area contributed by atoms with E-state index in [1.165, 1.54) is 0 Å². The molecule has 3 nitrogen and oxygen atoms in total. The molecule has 0 radical (unpaired) electrons. The highest BCUT2D eigenvalue weighted by Crippen LogP contribution is 2.06. The molecule has 0 fully saturated rings. The van der Waals surface area contributed by atoms with E-state index in [1.807, 2.05) is 35.6 Å². The number of rotatable bonds is 1. The Morgan fingerprint density at radius 3 is 3.00 bits per heavy atom. The van der Waals surface area contributed by atoms with Crippen molar-refractivity contribution in [3.63, 3.8) is 0 Å². The smallest absolute Gasteiger partial charge is 0.152 e. The van der Waals surface area contributed by atoms with Gasteiger partial charge < -0.3 is 10.1 Å². The van der Waals surface area contributed by atoms with E-state index in [2.05, 4.69) is 9.39 Å². The zero-order chi connectivity index (χ0) is 11.1. The minimum Gasteiger partial charge on any atom is -0.331 e. The van der Waals surface area contributed by atoms with Gasteiger partial charge in [-0.1, -0.05) is 18.2 Å². The first kappa shape index (κ1) is 10.3. The standard InChI is InChI=1S/C11H13N2OP/c1-11(12)4-2-3-10-9(5-11)8(7-14)6-13(10)15/h2-7H,12,15H2,1H3. The fourth-order valence-corrected chi connectivity index (χ4v) is 2.09. The van der Waals surface area contributed by atoms with Gasteiger partial charge in [0.2, 0.25) is 0 Å². The maximum Gasteiger partial charge on any atom is 0.152 e. The van der Waals surface area contributed by atoms with Gasteiger partial charge >= 0.3 is 0 Å². The number of carbonyl (C=O) groups excluding carboxylic acids is 1. The molecule has 78 valence electrons. The van der Waals surface area contributed by atoms with E-state index in [0.717, 1.165) is 16.9 Å². The fraction of sp³-hybridized carbons (Fsp3) is 0.182. The number of allylic oxidation sites excluding steroid dienone is 1. The summed E-state index contributed by atoms with van der Waals surface area (Å²) >= 11 is 0. The Balaban J connectivity index is 2.88. The average molecular weight is 220 g/mol. The third kappa shape index (κ3) is 1.81. The van der Waals surface area contributed by atoms with Crippen LogP contribution in [0.15, 0.2) is 18.3 Å². The molecule has 4 heteroatoms. The molecular weight excluding hydrogens is 207 g/mol. The monoisotopic (exact) mass is 220 g/mol. The van der Waals surface area contributed by atoms with E-state index in [1.54, 1.807) is 6.20 Å². The first-order valence-corrected chi connectivity index (χ1v) is 5.18. The highest BCUT2D eigenvalue weighted by molar-refractivity contribution is 7.14. The molecule has 0 saturated heterocycles. The van der Waals surface area contributed by atoms with E-state index >= 15 is 0 Å². The van der Waals surface area contributed by atoms with Gasteiger partial charge in [0.05, 0.1) is 10.9 Å². The van der Waals surface area contributed by atoms with Crippen molar-refractivity contribution in [3.8, 4) is 0 Å². The number of aldehydes is 1. The quantitative estimate of drug-likeness (QED) is 0.525. The highest BCUT2D eigenvalue weighted by Gasteiger charge is 2.13. The number of nitrogens with zero attached hydrogens (tertiary/aromatic N) is 1. The summed E-state index contributed by atoms with van der Waals surface area (Å²) in [4.78, 5) is 10.9. The lowest BCUT2D eigenvalue weighted by Crippen LogP contribution is -2.36. The van der Waals surface area contributed by atoms with Crippen LogP contribution >= 0.6 is 9.39 Å². The van der Waals surface area contributed by atoms with E-state index in [0.29, 0.717) is 5.56 Å². The fourth-order valence-electron chi connectivity index (χ4n) is 1.71. The minimum atomic E-state index is -0.508. The molecular formula is C11H13N2OP. The summed E-state index contributed by atoms with van der Waals surface area (Å²) < 4.78 is 1.85. The van der Waals surface area contributed by atoms with Crippen molar-refractivity contribution in [1.82, 2.24) is 4.34 Å². The summed E-state index contributed by atoms with van der Waals surface area (Å²) in [5.41, 5.74) is 6.19. The minimum absolute atomic E-state index is 0.508. The average Bonchev–Trinajstić information content (AvgIpc) is 2.35. The summed E-state index contributed by atoms with van der Waals surface area (Å²) in [5.74, 6) is 0. The molecule has 1 heterocycles. The van der Waals surface area contributed by atoms with Crippen molar-refractivity contribution in [1.29, 1.82) is 0 Å². The summed E-state index contributed by atoms with van der Waals surface area (Å²) in [6.07, 6.45) is 10.3. The molecule has 2 atom stereocenters. The molecule has 1 aromatic rings. The van der Waals surface area contributed by atoms with Gasteiger partial charge in [0.15, 0.2) is 6.29 Å². The van der Waals surface area contributed by atoms with Crippen LogP contribution < -0.4 is 16.3 Å². The van der Waals surface area contributed by atoms with Gasteiger partial charge in [0.25, 0.3) is 0 Å². The third-order valence-corrected chi connectivity index (χ3v) is 2.86. The predicted octanol–water partition coefficient (Wildman–Crippen LogP) is -0.213. The van der Waals surface area contributed by atoms with Crippen LogP contribution in [-0.4, -0.2) is 16.2 Å². The van der Waals surface area contributed by atoms with E-state index < -0.39 is 5.54 Å². The molecule has 0 amide bonds. The zero-order valence-corrected chi connectivity index (χ0v) is 9.63. The molecule has 0 aliphatic heterocycles. The lowest BCUT2D eigenvalue weighted by Gasteiger charge is -2.13. The summed E-state index contributed by atoms with van der Waals surface area (Å²) in [5, 5.41) is 1.88. The van der Waals surface area contributed by atoms with Crippen LogP contribution in [0, 0.1) is 0 Å². The Labute approximate surface area is 90.2 Å². The van der Waals surface area contributed by atoms with E-state index in [-0.39, 0.29) is 0 Å². The molecule has 2 rings (SSSR count). The van der Waals surface area contributed by atoms with Crippen LogP contribution in [-0.2, 0) is 0 Å². The van der Waals surface area contributed by atoms with Crippen molar-refractivity contribution in [2.75, 3.05) is 0 Å². The van der Waals surface area contributed by atoms with Crippen molar-refractivity contribution in [2.24, 2.45) is 5.73 Å². The summed E-state index contributed by atoms with van der Waals surface area (Å²) in [6.45, 7) is 1.90. The highest BCUT2D eigenvalue weighted by atomic mass is 31.0. The van der Waals surface area contributed by atoms with Crippen LogP contribution in [0.5, 0.6) is 0 Å². The van der Waals surface area contributed by atoms with Gasteiger partial charge in [-0.2, -0.15) is 0 Å². The molecule has 1 aromatic heterocycles. The number of hydrogen-bond donors (Lipinski definition) is 1. The molecule has 1 aliphatic rings. The Morgan fingerprint density at radius 2 is 2.33 bits per heavy atom. The molecule has 0 bridgehead atoms. The Bertz CT molecular complexity index is 552. The number of aromatic nitrogens is 1. The normalized spacial score (nSPS) is 23.7. The second kappa shape index (κ2) is 3.44. The van der Waals surface area contributed by atoms with Crippen LogP contribution in [0.1, 0.15) is 17.3 Å². The van der Waals surface area contributed by atoms with E-state index in [4.69, 9.17) is 5.73 Å². The molecule has 2 N–H and O–H groups in total. The van der Waals surface area contributed by atoms with Crippen molar-refractivity contribution >= 4 is 27.8 Å². The Kier molecular flexibility index (Phi) is 2.37. The lowest BCUT2D eigenvalue weighted by atomic mass is 10.0. The number of hydrogen-bond acceptors (Lipinski definition) is 2. The van der Waals surface area contributed by atoms with Crippen LogP contribution in [0.3, 0.4) is 0 Å². The lowest BCUT2D eigenvalue weighted by molar-refractivity contribution is 0.112. The summed E-state index contributed by atoms with van der Waals surface area (Å²) in [7, 11) is 2.55. The first-order chi connectivity index (χ1) is 7.03. The van der Waals surface area contributed by atoms with Crippen molar-refractivity contribution < 1.29 is 4.79 Å². The number of fused-ring (bicyclic) bond motifs is 1. The van der Waals surface area contributed by atoms with Gasteiger partial charge in [-0.05, 0) is 22.4 Å². The topological polar surface area (TPSA) is 48.0 Å². The van der Waals surface area contributed by atoms with Gasteiger partial charge in [-0.15, -0.1) is 0 Å². The summed E-state index contributed by atoms with van der Waals surface area (Å²) in [6, 6.07) is 0. The van der Waals surface area contributed by atoms with Gasteiger partial charge in [0, 0.05) is 17.0 Å². The predicted molar refractivity (Wildman–Crippen MR) is 64.8 cm³/mol. The molecule has 0 saturated carbocycles. The van der Waals surface area contributed by atoms with Gasteiger partial charge in [0.1, 0.15) is 0 Å². The van der Waals surface area contributed by atoms with Gasteiger partial charge in [-0.25, -0.2) is 0 Å².